The lowest BCUT2D eigenvalue weighted by Crippen LogP contribution is -2.05. The Labute approximate surface area is 249 Å². The Morgan fingerprint density at radius 2 is 0.950 bits per heavy atom. The van der Waals surface area contributed by atoms with Crippen LogP contribution in [0, 0.1) is 53.6 Å². The summed E-state index contributed by atoms with van der Waals surface area (Å²) in [5.74, 6) is 3.65. The first-order chi connectivity index (χ1) is 18.3. The number of rotatable bonds is 9. The highest BCUT2D eigenvalue weighted by atomic mass is 19.1. The van der Waals surface area contributed by atoms with E-state index >= 15 is 0 Å². The standard InChI is InChI=1S/C11H15F.C10H13F.C9H20.C8H18/c1-8(2)6-10-4-5-11(12)9(3)7-10;1-8(2)7-9-3-5-10(11)6-4-9;1-8(2)6-7-9(3,4)5;1-7(2)5-6-8(3)4/h4-5,7-8H,6H2,1-3H3;3-6,8H,7H2,1-2H3;8H,6-7H2,1-5H3;7-8H,5-6H2,1-4H3. The molecule has 0 N–H and O–H groups in total. The highest BCUT2D eigenvalue weighted by molar-refractivity contribution is 5.24. The molecule has 0 fully saturated rings. The second kappa shape index (κ2) is 22.0. The maximum absolute atomic E-state index is 12.8. The predicted octanol–water partition coefficient (Wildman–Crippen LogP) is 12.9. The second-order valence-electron chi connectivity index (χ2n) is 14.8. The van der Waals surface area contributed by atoms with Crippen molar-refractivity contribution in [2.45, 2.75) is 135 Å². The molecule has 0 bridgehead atoms. The van der Waals surface area contributed by atoms with E-state index in [1.165, 1.54) is 48.9 Å². The maximum atomic E-state index is 12.8. The molecule has 2 aromatic carbocycles. The number of benzene rings is 2. The van der Waals surface area contributed by atoms with Crippen LogP contribution in [0.15, 0.2) is 42.5 Å². The summed E-state index contributed by atoms with van der Waals surface area (Å²) in [6, 6.07) is 12.0. The molecular weight excluding hydrogens is 494 g/mol. The van der Waals surface area contributed by atoms with Crippen molar-refractivity contribution >= 4 is 0 Å². The van der Waals surface area contributed by atoms with Crippen LogP contribution in [0.5, 0.6) is 0 Å². The molecule has 2 aromatic rings. The molecule has 232 valence electrons. The minimum atomic E-state index is -0.155. The van der Waals surface area contributed by atoms with Gasteiger partial charge in [0.25, 0.3) is 0 Å². The molecule has 2 rings (SSSR count). The van der Waals surface area contributed by atoms with Gasteiger partial charge in [-0.15, -0.1) is 0 Å². The van der Waals surface area contributed by atoms with Gasteiger partial charge in [0.1, 0.15) is 11.6 Å². The van der Waals surface area contributed by atoms with Crippen molar-refractivity contribution in [1.82, 2.24) is 0 Å². The largest absolute Gasteiger partial charge is 0.207 e. The third-order valence-corrected chi connectivity index (χ3v) is 6.22. The van der Waals surface area contributed by atoms with Gasteiger partial charge in [0.2, 0.25) is 0 Å². The first-order valence-corrected chi connectivity index (χ1v) is 15.8. The van der Waals surface area contributed by atoms with Crippen LogP contribution in [0.1, 0.15) is 132 Å². The molecule has 0 saturated heterocycles. The highest BCUT2D eigenvalue weighted by Gasteiger charge is 2.09. The number of aryl methyl sites for hydroxylation is 1. The van der Waals surface area contributed by atoms with E-state index in [4.69, 9.17) is 0 Å². The zero-order chi connectivity index (χ0) is 31.5. The quantitative estimate of drug-likeness (QED) is 0.286. The molecule has 2 heteroatoms. The molecule has 0 aliphatic carbocycles. The normalized spacial score (nSPS) is 11.2. The predicted molar refractivity (Wildman–Crippen MR) is 177 cm³/mol. The van der Waals surface area contributed by atoms with E-state index in [1.54, 1.807) is 13.0 Å². The zero-order valence-electron chi connectivity index (χ0n) is 28.9. The fourth-order valence-electron chi connectivity index (χ4n) is 3.79. The molecule has 0 saturated carbocycles. The van der Waals surface area contributed by atoms with E-state index in [-0.39, 0.29) is 11.6 Å². The maximum Gasteiger partial charge on any atom is 0.126 e. The van der Waals surface area contributed by atoms with Gasteiger partial charge >= 0.3 is 0 Å². The molecular formula is C38H66F2. The van der Waals surface area contributed by atoms with Crippen molar-refractivity contribution in [1.29, 1.82) is 0 Å². The Kier molecular flexibility index (Phi) is 22.2. The summed E-state index contributed by atoms with van der Waals surface area (Å²) >= 11 is 0. The molecule has 0 aliphatic rings. The SMILES string of the molecule is CC(C)CCC(C)(C)C.CC(C)CCC(C)C.CC(C)Cc1ccc(F)cc1.Cc1cc(CC(C)C)ccc1F. The number of hydrogen-bond acceptors (Lipinski definition) is 0. The Balaban J connectivity index is 0. The molecule has 0 heterocycles. The van der Waals surface area contributed by atoms with Crippen LogP contribution in [0.25, 0.3) is 0 Å². The lowest BCUT2D eigenvalue weighted by molar-refractivity contribution is 0.338. The molecule has 40 heavy (non-hydrogen) atoms. The molecule has 0 aliphatic heterocycles. The van der Waals surface area contributed by atoms with Crippen molar-refractivity contribution in [2.75, 3.05) is 0 Å². The van der Waals surface area contributed by atoms with Crippen LogP contribution in [0.4, 0.5) is 8.78 Å². The summed E-state index contributed by atoms with van der Waals surface area (Å²) in [7, 11) is 0. The fourth-order valence-corrected chi connectivity index (χ4v) is 3.79. The van der Waals surface area contributed by atoms with E-state index in [0.717, 1.165) is 36.2 Å². The van der Waals surface area contributed by atoms with Crippen LogP contribution in [-0.2, 0) is 12.8 Å². The van der Waals surface area contributed by atoms with Crippen molar-refractivity contribution in [3.8, 4) is 0 Å². The van der Waals surface area contributed by atoms with Gasteiger partial charge in [-0.2, -0.15) is 0 Å². The van der Waals surface area contributed by atoms with Gasteiger partial charge in [0.15, 0.2) is 0 Å². The molecule has 0 unspecified atom stereocenters. The van der Waals surface area contributed by atoms with Gasteiger partial charge in [-0.25, -0.2) is 8.78 Å². The smallest absolute Gasteiger partial charge is 0.126 e. The van der Waals surface area contributed by atoms with Gasteiger partial charge in [0, 0.05) is 0 Å². The lowest BCUT2D eigenvalue weighted by Gasteiger charge is -2.18. The lowest BCUT2D eigenvalue weighted by atomic mass is 9.88. The summed E-state index contributed by atoms with van der Waals surface area (Å²) in [4.78, 5) is 0. The molecule has 0 radical (unpaired) electrons. The van der Waals surface area contributed by atoms with Gasteiger partial charge in [-0.3, -0.25) is 0 Å². The number of halogens is 2. The van der Waals surface area contributed by atoms with E-state index in [9.17, 15) is 8.78 Å². The minimum Gasteiger partial charge on any atom is -0.207 e. The Morgan fingerprint density at radius 3 is 1.27 bits per heavy atom. The second-order valence-corrected chi connectivity index (χ2v) is 14.8. The third-order valence-electron chi connectivity index (χ3n) is 6.22. The molecule has 0 nitrogen and oxygen atoms in total. The Hall–Kier alpha value is -1.70. The monoisotopic (exact) mass is 561 g/mol. The molecule has 0 spiro atoms. The van der Waals surface area contributed by atoms with Crippen molar-refractivity contribution in [3.63, 3.8) is 0 Å². The Morgan fingerprint density at radius 1 is 0.550 bits per heavy atom. The van der Waals surface area contributed by atoms with E-state index in [1.807, 2.05) is 24.3 Å². The van der Waals surface area contributed by atoms with Gasteiger partial charge in [-0.05, 0) is 96.1 Å². The first kappa shape index (κ1) is 40.4. The van der Waals surface area contributed by atoms with Gasteiger partial charge in [-0.1, -0.05) is 134 Å². The van der Waals surface area contributed by atoms with Crippen molar-refractivity contribution in [3.05, 3.63) is 70.8 Å². The zero-order valence-corrected chi connectivity index (χ0v) is 28.9. The summed E-state index contributed by atoms with van der Waals surface area (Å²) in [5.41, 5.74) is 3.71. The average molecular weight is 561 g/mol. The van der Waals surface area contributed by atoms with E-state index < -0.39 is 0 Å². The first-order valence-electron chi connectivity index (χ1n) is 15.8. The average Bonchev–Trinajstić information content (AvgIpc) is 2.80. The van der Waals surface area contributed by atoms with Crippen LogP contribution in [-0.4, -0.2) is 0 Å². The van der Waals surface area contributed by atoms with Crippen LogP contribution < -0.4 is 0 Å². The molecule has 0 amide bonds. The minimum absolute atomic E-state index is 0.109. The highest BCUT2D eigenvalue weighted by Crippen LogP contribution is 2.23. The van der Waals surface area contributed by atoms with E-state index in [2.05, 4.69) is 90.0 Å². The topological polar surface area (TPSA) is 0 Å². The van der Waals surface area contributed by atoms with Crippen molar-refractivity contribution < 1.29 is 8.78 Å². The molecule has 0 atom stereocenters. The van der Waals surface area contributed by atoms with Gasteiger partial charge < -0.3 is 0 Å². The van der Waals surface area contributed by atoms with Crippen LogP contribution >= 0.6 is 0 Å². The van der Waals surface area contributed by atoms with Crippen LogP contribution in [0.2, 0.25) is 0 Å². The summed E-state index contributed by atoms with van der Waals surface area (Å²) in [6.07, 6.45) is 7.55. The molecule has 0 aromatic heterocycles. The summed E-state index contributed by atoms with van der Waals surface area (Å²) in [6.45, 7) is 31.0. The third kappa shape index (κ3) is 27.9. The Bertz CT molecular complexity index is 844. The number of hydrogen-bond donors (Lipinski definition) is 0. The summed E-state index contributed by atoms with van der Waals surface area (Å²) < 4.78 is 25.3. The summed E-state index contributed by atoms with van der Waals surface area (Å²) in [5, 5.41) is 0. The van der Waals surface area contributed by atoms with Crippen LogP contribution in [0.3, 0.4) is 0 Å². The van der Waals surface area contributed by atoms with Crippen molar-refractivity contribution in [2.24, 2.45) is 35.0 Å². The van der Waals surface area contributed by atoms with Gasteiger partial charge in [0.05, 0.1) is 0 Å². The fraction of sp³-hybridized carbons (Fsp3) is 0.684. The van der Waals surface area contributed by atoms with E-state index in [0.29, 0.717) is 17.3 Å².